The molecule has 1 N–H and O–H groups in total. The van der Waals surface area contributed by atoms with Crippen LogP contribution in [0.2, 0.25) is 0 Å². The van der Waals surface area contributed by atoms with Crippen LogP contribution < -0.4 is 5.32 Å². The zero-order valence-corrected chi connectivity index (χ0v) is 11.4. The topological polar surface area (TPSA) is 21.3 Å². The van der Waals surface area contributed by atoms with Crippen molar-refractivity contribution in [1.29, 1.82) is 0 Å². The van der Waals surface area contributed by atoms with E-state index in [2.05, 4.69) is 30.8 Å². The molecular formula is C13H24F3NO. The number of ether oxygens (including phenoxy) is 1. The highest BCUT2D eigenvalue weighted by Gasteiger charge is 2.32. The first-order valence-electron chi connectivity index (χ1n) is 6.57. The minimum absolute atomic E-state index is 0.117. The third-order valence-corrected chi connectivity index (χ3v) is 3.61. The van der Waals surface area contributed by atoms with Crippen molar-refractivity contribution in [3.8, 4) is 0 Å². The first-order chi connectivity index (χ1) is 8.20. The lowest BCUT2D eigenvalue weighted by molar-refractivity contribution is -0.173. The minimum Gasteiger partial charge on any atom is -0.371 e. The Balaban J connectivity index is 2.13. The molecule has 0 bridgehead atoms. The Hall–Kier alpha value is -0.290. The molecule has 5 heteroatoms. The molecule has 1 aliphatic rings. The molecule has 2 nitrogen and oxygen atoms in total. The molecule has 0 spiro atoms. The van der Waals surface area contributed by atoms with E-state index in [9.17, 15) is 13.2 Å². The molecule has 1 rings (SSSR count). The number of alkyl halides is 3. The predicted molar refractivity (Wildman–Crippen MR) is 65.5 cm³/mol. The lowest BCUT2D eigenvalue weighted by Crippen LogP contribution is -2.43. The van der Waals surface area contributed by atoms with Gasteiger partial charge in [0.05, 0.1) is 6.61 Å². The summed E-state index contributed by atoms with van der Waals surface area (Å²) in [6.45, 7) is 6.20. The molecule has 1 aliphatic carbocycles. The molecule has 2 atom stereocenters. The van der Waals surface area contributed by atoms with Crippen LogP contribution in [0.5, 0.6) is 0 Å². The second-order valence-corrected chi connectivity index (χ2v) is 6.11. The zero-order valence-electron chi connectivity index (χ0n) is 11.4. The van der Waals surface area contributed by atoms with Gasteiger partial charge in [0.1, 0.15) is 6.61 Å². The largest absolute Gasteiger partial charge is 0.411 e. The van der Waals surface area contributed by atoms with E-state index >= 15 is 0 Å². The van der Waals surface area contributed by atoms with Crippen molar-refractivity contribution >= 4 is 0 Å². The van der Waals surface area contributed by atoms with Gasteiger partial charge in [-0.25, -0.2) is 0 Å². The average Bonchev–Trinajstić information content (AvgIpc) is 2.18. The van der Waals surface area contributed by atoms with Crippen LogP contribution in [0.15, 0.2) is 0 Å². The Morgan fingerprint density at radius 3 is 2.56 bits per heavy atom. The summed E-state index contributed by atoms with van der Waals surface area (Å²) in [7, 11) is 0. The fourth-order valence-corrected chi connectivity index (χ4v) is 2.75. The molecule has 0 amide bonds. The lowest BCUT2D eigenvalue weighted by atomic mass is 9.70. The van der Waals surface area contributed by atoms with Crippen molar-refractivity contribution in [3.63, 3.8) is 0 Å². The SMILES string of the molecule is CC1CC(C)(C)CCC1NCCOCC(F)(F)F. The van der Waals surface area contributed by atoms with Crippen LogP contribution in [0.4, 0.5) is 13.2 Å². The number of hydrogen-bond donors (Lipinski definition) is 1. The lowest BCUT2D eigenvalue weighted by Gasteiger charge is -2.39. The van der Waals surface area contributed by atoms with Crippen molar-refractivity contribution in [2.24, 2.45) is 11.3 Å². The van der Waals surface area contributed by atoms with E-state index in [0.29, 0.717) is 23.9 Å². The highest BCUT2D eigenvalue weighted by Crippen LogP contribution is 2.38. The minimum atomic E-state index is -4.22. The van der Waals surface area contributed by atoms with E-state index in [1.807, 2.05) is 0 Å². The number of hydrogen-bond acceptors (Lipinski definition) is 2. The number of halogens is 3. The van der Waals surface area contributed by atoms with E-state index in [1.165, 1.54) is 6.42 Å². The monoisotopic (exact) mass is 267 g/mol. The molecule has 108 valence electrons. The first kappa shape index (κ1) is 15.8. The highest BCUT2D eigenvalue weighted by atomic mass is 19.4. The summed E-state index contributed by atoms with van der Waals surface area (Å²) in [6, 6.07) is 0.410. The summed E-state index contributed by atoms with van der Waals surface area (Å²) in [6.07, 6.45) is -0.803. The highest BCUT2D eigenvalue weighted by molar-refractivity contribution is 4.86. The first-order valence-corrected chi connectivity index (χ1v) is 6.57. The second-order valence-electron chi connectivity index (χ2n) is 6.11. The summed E-state index contributed by atoms with van der Waals surface area (Å²) < 4.78 is 40.1. The summed E-state index contributed by atoms with van der Waals surface area (Å²) in [5.74, 6) is 0.566. The summed E-state index contributed by atoms with van der Waals surface area (Å²) in [5.41, 5.74) is 0.393. The Morgan fingerprint density at radius 2 is 2.00 bits per heavy atom. The van der Waals surface area contributed by atoms with Crippen molar-refractivity contribution in [3.05, 3.63) is 0 Å². The smallest absolute Gasteiger partial charge is 0.371 e. The summed E-state index contributed by atoms with van der Waals surface area (Å²) >= 11 is 0. The second kappa shape index (κ2) is 6.24. The quantitative estimate of drug-likeness (QED) is 0.771. The van der Waals surface area contributed by atoms with Gasteiger partial charge in [-0.2, -0.15) is 13.2 Å². The molecule has 0 aromatic rings. The van der Waals surface area contributed by atoms with E-state index in [-0.39, 0.29) is 6.61 Å². The van der Waals surface area contributed by atoms with Gasteiger partial charge in [0, 0.05) is 12.6 Å². The molecular weight excluding hydrogens is 243 g/mol. The Morgan fingerprint density at radius 1 is 1.33 bits per heavy atom. The van der Waals surface area contributed by atoms with Crippen LogP contribution >= 0.6 is 0 Å². The Labute approximate surface area is 107 Å². The van der Waals surface area contributed by atoms with Gasteiger partial charge in [-0.1, -0.05) is 20.8 Å². The van der Waals surface area contributed by atoms with E-state index in [1.54, 1.807) is 0 Å². The fourth-order valence-electron chi connectivity index (χ4n) is 2.75. The zero-order chi connectivity index (χ0) is 13.8. The molecule has 1 saturated carbocycles. The van der Waals surface area contributed by atoms with Gasteiger partial charge in [0.15, 0.2) is 0 Å². The number of rotatable bonds is 5. The van der Waals surface area contributed by atoms with Gasteiger partial charge in [-0.15, -0.1) is 0 Å². The van der Waals surface area contributed by atoms with E-state index < -0.39 is 12.8 Å². The van der Waals surface area contributed by atoms with Crippen LogP contribution in [0.1, 0.15) is 40.0 Å². The molecule has 0 saturated heterocycles. The van der Waals surface area contributed by atoms with Gasteiger partial charge in [-0.05, 0) is 30.6 Å². The summed E-state index contributed by atoms with van der Waals surface area (Å²) in [5, 5.41) is 3.30. The normalized spacial score (nSPS) is 28.3. The van der Waals surface area contributed by atoms with Crippen molar-refractivity contribution < 1.29 is 17.9 Å². The molecule has 2 unspecified atom stereocenters. The van der Waals surface area contributed by atoms with Crippen LogP contribution in [0.25, 0.3) is 0 Å². The maximum atomic E-state index is 11.8. The maximum absolute atomic E-state index is 11.8. The van der Waals surface area contributed by atoms with Gasteiger partial charge >= 0.3 is 6.18 Å². The maximum Gasteiger partial charge on any atom is 0.411 e. The molecule has 0 aromatic carbocycles. The molecule has 18 heavy (non-hydrogen) atoms. The van der Waals surface area contributed by atoms with Gasteiger partial charge in [-0.3, -0.25) is 0 Å². The average molecular weight is 267 g/mol. The third kappa shape index (κ3) is 6.05. The van der Waals surface area contributed by atoms with Crippen LogP contribution in [-0.2, 0) is 4.74 Å². The van der Waals surface area contributed by atoms with Gasteiger partial charge in [0.25, 0.3) is 0 Å². The molecule has 0 aliphatic heterocycles. The van der Waals surface area contributed by atoms with Crippen molar-refractivity contribution in [2.45, 2.75) is 52.3 Å². The van der Waals surface area contributed by atoms with Crippen LogP contribution in [-0.4, -0.2) is 32.0 Å². The Kier molecular flexibility index (Phi) is 5.46. The van der Waals surface area contributed by atoms with Crippen LogP contribution in [0.3, 0.4) is 0 Å². The summed E-state index contributed by atoms with van der Waals surface area (Å²) in [4.78, 5) is 0. The molecule has 0 aromatic heterocycles. The van der Waals surface area contributed by atoms with Gasteiger partial charge in [0.2, 0.25) is 0 Å². The third-order valence-electron chi connectivity index (χ3n) is 3.61. The van der Waals surface area contributed by atoms with Crippen molar-refractivity contribution in [2.75, 3.05) is 19.8 Å². The Bertz CT molecular complexity index is 253. The van der Waals surface area contributed by atoms with Crippen LogP contribution in [0, 0.1) is 11.3 Å². The fraction of sp³-hybridized carbons (Fsp3) is 1.00. The molecule has 1 fully saturated rings. The van der Waals surface area contributed by atoms with E-state index in [4.69, 9.17) is 0 Å². The van der Waals surface area contributed by atoms with Gasteiger partial charge < -0.3 is 10.1 Å². The van der Waals surface area contributed by atoms with Crippen molar-refractivity contribution in [1.82, 2.24) is 5.32 Å². The van der Waals surface area contributed by atoms with E-state index in [0.717, 1.165) is 12.8 Å². The predicted octanol–water partition coefficient (Wildman–Crippen LogP) is 3.37. The number of nitrogens with one attached hydrogen (secondary N) is 1. The molecule has 0 radical (unpaired) electrons. The molecule has 0 heterocycles. The standard InChI is InChI=1S/C13H24F3NO/c1-10-8-12(2,3)5-4-11(10)17-6-7-18-9-13(14,15)16/h10-11,17H,4-9H2,1-3H3.